The van der Waals surface area contributed by atoms with Gasteiger partial charge in [-0.2, -0.15) is 9.50 Å². The summed E-state index contributed by atoms with van der Waals surface area (Å²) in [6.07, 6.45) is 3.33. The van der Waals surface area contributed by atoms with E-state index in [1.165, 1.54) is 15.9 Å². The maximum atomic E-state index is 13.7. The van der Waals surface area contributed by atoms with E-state index in [1.807, 2.05) is 79.7 Å². The highest BCUT2D eigenvalue weighted by Crippen LogP contribution is 2.36. The van der Waals surface area contributed by atoms with Crippen molar-refractivity contribution in [2.75, 3.05) is 11.5 Å². The van der Waals surface area contributed by atoms with Crippen molar-refractivity contribution < 1.29 is 9.53 Å². The van der Waals surface area contributed by atoms with Crippen molar-refractivity contribution in [3.63, 3.8) is 0 Å². The van der Waals surface area contributed by atoms with Gasteiger partial charge in [0.15, 0.2) is 5.82 Å². The minimum Gasteiger partial charge on any atom is -0.494 e. The molecule has 0 fully saturated rings. The molecule has 0 radical (unpaired) electrons. The number of para-hydroxylation sites is 1. The Hall–Kier alpha value is -4.30. The number of rotatable bonds is 8. The van der Waals surface area contributed by atoms with Crippen molar-refractivity contribution in [2.24, 2.45) is 0 Å². The molecule has 3 heterocycles. The van der Waals surface area contributed by atoms with Gasteiger partial charge in [-0.25, -0.2) is 0 Å². The highest BCUT2D eigenvalue weighted by Gasteiger charge is 2.34. The first kappa shape index (κ1) is 25.0. The molecule has 0 atom stereocenters. The van der Waals surface area contributed by atoms with Crippen LogP contribution in [0.3, 0.4) is 0 Å². The van der Waals surface area contributed by atoms with Gasteiger partial charge in [-0.1, -0.05) is 79.1 Å². The van der Waals surface area contributed by atoms with Gasteiger partial charge in [0, 0.05) is 11.1 Å². The number of amides is 1. The number of aromatic nitrogens is 3. The fourth-order valence-electron chi connectivity index (χ4n) is 4.78. The average Bonchev–Trinajstić information content (AvgIpc) is 3.59. The summed E-state index contributed by atoms with van der Waals surface area (Å²) in [6.45, 7) is 5.32. The Labute approximate surface area is 230 Å². The molecule has 0 unspecified atom stereocenters. The molecular formula is C31H28N4O3S. The Kier molecular flexibility index (Phi) is 6.70. The molecular weight excluding hydrogens is 508 g/mol. The van der Waals surface area contributed by atoms with E-state index in [0.717, 1.165) is 53.0 Å². The minimum absolute atomic E-state index is 0.187. The summed E-state index contributed by atoms with van der Waals surface area (Å²) in [6, 6.07) is 23.3. The second-order valence-corrected chi connectivity index (χ2v) is 10.7. The molecule has 0 saturated carbocycles. The Morgan fingerprint density at radius 3 is 2.44 bits per heavy atom. The van der Waals surface area contributed by atoms with Gasteiger partial charge in [-0.05, 0) is 49.2 Å². The van der Waals surface area contributed by atoms with Crippen LogP contribution in [0.4, 0.5) is 5.69 Å². The van der Waals surface area contributed by atoms with Crippen LogP contribution in [-0.4, -0.2) is 27.1 Å². The molecule has 7 nitrogen and oxygen atoms in total. The topological polar surface area (TPSA) is 76.8 Å². The Bertz CT molecular complexity index is 1770. The molecule has 5 aromatic rings. The van der Waals surface area contributed by atoms with Gasteiger partial charge in [-0.15, -0.1) is 5.10 Å². The van der Waals surface area contributed by atoms with E-state index < -0.39 is 0 Å². The second-order valence-electron chi connectivity index (χ2n) is 9.72. The minimum atomic E-state index is -0.333. The van der Waals surface area contributed by atoms with Crippen LogP contribution in [0.1, 0.15) is 42.9 Å². The van der Waals surface area contributed by atoms with Crippen molar-refractivity contribution >= 4 is 33.5 Å². The van der Waals surface area contributed by atoms with E-state index in [4.69, 9.17) is 4.74 Å². The van der Waals surface area contributed by atoms with Crippen molar-refractivity contribution in [3.8, 4) is 17.1 Å². The van der Waals surface area contributed by atoms with E-state index in [0.29, 0.717) is 34.0 Å². The Morgan fingerprint density at radius 2 is 1.69 bits per heavy atom. The number of ether oxygens (including phenoxy) is 1. The zero-order valence-corrected chi connectivity index (χ0v) is 22.7. The Balaban J connectivity index is 1.33. The zero-order valence-electron chi connectivity index (χ0n) is 21.9. The summed E-state index contributed by atoms with van der Waals surface area (Å²) in [5.41, 5.74) is 4.62. The molecule has 1 aliphatic heterocycles. The summed E-state index contributed by atoms with van der Waals surface area (Å²) in [4.78, 5) is 34.0. The third-order valence-electron chi connectivity index (χ3n) is 6.90. The van der Waals surface area contributed by atoms with Crippen LogP contribution < -0.4 is 19.7 Å². The van der Waals surface area contributed by atoms with Gasteiger partial charge in [-0.3, -0.25) is 9.59 Å². The first-order valence-corrected chi connectivity index (χ1v) is 14.0. The predicted octanol–water partition coefficient (Wildman–Crippen LogP) is 5.16. The number of anilines is 1. The van der Waals surface area contributed by atoms with Crippen LogP contribution in [0, 0.1) is 6.92 Å². The quantitative estimate of drug-likeness (QED) is 0.256. The molecule has 8 heteroatoms. The molecule has 0 spiro atoms. The van der Waals surface area contributed by atoms with Crippen molar-refractivity contribution in [1.29, 1.82) is 0 Å². The van der Waals surface area contributed by atoms with Crippen molar-refractivity contribution in [3.05, 3.63) is 104 Å². The average molecular weight is 537 g/mol. The smallest absolute Gasteiger partial charge is 0.291 e. The number of nitrogens with zero attached hydrogens (tertiary/aromatic N) is 4. The van der Waals surface area contributed by atoms with Gasteiger partial charge in [0.05, 0.1) is 24.4 Å². The molecule has 0 aliphatic carbocycles. The van der Waals surface area contributed by atoms with Crippen LogP contribution in [0.15, 0.2) is 77.6 Å². The second kappa shape index (κ2) is 10.5. The van der Waals surface area contributed by atoms with Crippen molar-refractivity contribution in [1.82, 2.24) is 14.6 Å². The van der Waals surface area contributed by atoms with Gasteiger partial charge in [0.1, 0.15) is 10.3 Å². The summed E-state index contributed by atoms with van der Waals surface area (Å²) in [7, 11) is 0. The largest absolute Gasteiger partial charge is 0.494 e. The first-order valence-electron chi connectivity index (χ1n) is 13.2. The standard InChI is InChI=1S/C31H28N4O3S/c1-3-4-7-18-38-23-16-14-22(15-17-23)28-32-31-35(33-28)30(37)27(39-31)26-24-8-5-6-9-25(24)34(29(26)36)19-21-12-10-20(2)11-13-21/h5-6,8-17H,3-4,7,18-19H2,1-2H3/b27-26-. The van der Waals surface area contributed by atoms with Crippen LogP contribution in [0.2, 0.25) is 0 Å². The summed E-state index contributed by atoms with van der Waals surface area (Å²) in [5.74, 6) is 1.08. The highest BCUT2D eigenvalue weighted by atomic mass is 32.1. The fraction of sp³-hybridized carbons (Fsp3) is 0.226. The molecule has 196 valence electrons. The zero-order chi connectivity index (χ0) is 26.9. The number of hydrogen-bond acceptors (Lipinski definition) is 6. The summed E-state index contributed by atoms with van der Waals surface area (Å²) in [5, 5.41) is 4.49. The maximum Gasteiger partial charge on any atom is 0.291 e. The lowest BCUT2D eigenvalue weighted by molar-refractivity contribution is -0.113. The van der Waals surface area contributed by atoms with Crippen LogP contribution >= 0.6 is 11.3 Å². The Morgan fingerprint density at radius 1 is 0.923 bits per heavy atom. The van der Waals surface area contributed by atoms with Crippen LogP contribution in [-0.2, 0) is 11.3 Å². The molecule has 39 heavy (non-hydrogen) atoms. The third-order valence-corrected chi connectivity index (χ3v) is 7.93. The number of aryl methyl sites for hydroxylation is 1. The van der Waals surface area contributed by atoms with E-state index in [1.54, 1.807) is 4.90 Å². The summed E-state index contributed by atoms with van der Waals surface area (Å²) >= 11 is 1.20. The first-order chi connectivity index (χ1) is 19.0. The van der Waals surface area contributed by atoms with Gasteiger partial charge >= 0.3 is 0 Å². The van der Waals surface area contributed by atoms with Crippen molar-refractivity contribution in [2.45, 2.75) is 39.7 Å². The van der Waals surface area contributed by atoms with Crippen LogP contribution in [0.25, 0.3) is 21.9 Å². The molecule has 6 rings (SSSR count). The van der Waals surface area contributed by atoms with E-state index in [9.17, 15) is 9.59 Å². The SMILES string of the molecule is CCCCCOc1ccc(-c2nc3s/c(=C4\C(=O)N(Cc5ccc(C)cc5)c5ccccc54)c(=O)n3n2)cc1. The van der Waals surface area contributed by atoms with E-state index in [2.05, 4.69) is 17.0 Å². The normalized spacial score (nSPS) is 14.3. The molecule has 0 bridgehead atoms. The molecule has 1 aliphatic rings. The van der Waals surface area contributed by atoms with Crippen LogP contribution in [0.5, 0.6) is 5.75 Å². The maximum absolute atomic E-state index is 13.7. The number of benzene rings is 3. The van der Waals surface area contributed by atoms with Gasteiger partial charge in [0.2, 0.25) is 4.96 Å². The van der Waals surface area contributed by atoms with E-state index in [-0.39, 0.29) is 11.5 Å². The molecule has 0 N–H and O–H groups in total. The fourth-order valence-corrected chi connectivity index (χ4v) is 5.78. The molecule has 0 saturated heterocycles. The number of unbranched alkanes of at least 4 members (excludes halogenated alkanes) is 2. The summed E-state index contributed by atoms with van der Waals surface area (Å²) < 4.78 is 7.45. The lowest BCUT2D eigenvalue weighted by Crippen LogP contribution is -2.32. The molecule has 1 amide bonds. The third kappa shape index (κ3) is 4.72. The number of thiazole rings is 1. The van der Waals surface area contributed by atoms with Gasteiger partial charge < -0.3 is 9.64 Å². The number of carbonyl (C=O) groups is 1. The lowest BCUT2D eigenvalue weighted by Gasteiger charge is -2.17. The monoisotopic (exact) mass is 536 g/mol. The molecule has 2 aromatic heterocycles. The highest BCUT2D eigenvalue weighted by molar-refractivity contribution is 7.15. The van der Waals surface area contributed by atoms with E-state index >= 15 is 0 Å². The predicted molar refractivity (Wildman–Crippen MR) is 154 cm³/mol. The number of fused-ring (bicyclic) bond motifs is 2. The number of hydrogen-bond donors (Lipinski definition) is 0. The lowest BCUT2D eigenvalue weighted by atomic mass is 10.1. The number of carbonyl (C=O) groups excluding carboxylic acids is 1. The molecule has 3 aromatic carbocycles. The van der Waals surface area contributed by atoms with Gasteiger partial charge in [0.25, 0.3) is 11.5 Å².